The lowest BCUT2D eigenvalue weighted by molar-refractivity contribution is -0.138. The molecule has 2 heterocycles. The molecule has 1 aliphatic rings. The predicted octanol–water partition coefficient (Wildman–Crippen LogP) is 2.82. The number of likely N-dealkylation sites (tertiary alicyclic amines) is 1. The molecule has 1 aromatic rings. The molecule has 2 rings (SSSR count). The molecule has 0 bridgehead atoms. The average Bonchev–Trinajstić information content (AvgIpc) is 2.41. The van der Waals surface area contributed by atoms with E-state index in [0.29, 0.717) is 36.0 Å². The van der Waals surface area contributed by atoms with Gasteiger partial charge in [-0.25, -0.2) is 4.98 Å². The number of carbonyl (C=O) groups excluding carboxylic acids is 1. The highest BCUT2D eigenvalue weighted by atomic mass is 79.9. The summed E-state index contributed by atoms with van der Waals surface area (Å²) in [6.45, 7) is 1.11. The van der Waals surface area contributed by atoms with E-state index in [-0.39, 0.29) is 23.4 Å². The molecule has 1 saturated heterocycles. The summed E-state index contributed by atoms with van der Waals surface area (Å²) >= 11 is 9.22. The Morgan fingerprint density at radius 2 is 2.10 bits per heavy atom. The molecule has 20 heavy (non-hydrogen) atoms. The van der Waals surface area contributed by atoms with Gasteiger partial charge in [0.15, 0.2) is 0 Å². The maximum atomic E-state index is 12.4. The second-order valence-corrected chi connectivity index (χ2v) is 6.10. The summed E-state index contributed by atoms with van der Waals surface area (Å²) in [6, 6.07) is 1.65. The van der Waals surface area contributed by atoms with Crippen molar-refractivity contribution in [1.82, 2.24) is 9.88 Å². The van der Waals surface area contributed by atoms with Crippen LogP contribution in [0.15, 0.2) is 16.7 Å². The molecule has 0 saturated carbocycles. The molecule has 0 radical (unpaired) electrons. The van der Waals surface area contributed by atoms with Crippen molar-refractivity contribution in [2.75, 3.05) is 13.1 Å². The third-order valence-corrected chi connectivity index (χ3v) is 4.14. The molecule has 0 spiro atoms. The molecule has 0 aromatic carbocycles. The van der Waals surface area contributed by atoms with E-state index in [9.17, 15) is 9.59 Å². The quantitative estimate of drug-likeness (QED) is 0.840. The van der Waals surface area contributed by atoms with Crippen LogP contribution in [0.2, 0.25) is 5.15 Å². The molecule has 7 heteroatoms. The molecule has 1 amide bonds. The number of piperidine rings is 1. The van der Waals surface area contributed by atoms with E-state index in [2.05, 4.69) is 20.9 Å². The van der Waals surface area contributed by atoms with Gasteiger partial charge in [0.2, 0.25) is 0 Å². The van der Waals surface area contributed by atoms with Gasteiger partial charge < -0.3 is 10.0 Å². The lowest BCUT2D eigenvalue weighted by Crippen LogP contribution is -2.39. The van der Waals surface area contributed by atoms with E-state index in [4.69, 9.17) is 16.7 Å². The Morgan fingerprint density at radius 1 is 1.45 bits per heavy atom. The van der Waals surface area contributed by atoms with Gasteiger partial charge in [0.1, 0.15) is 5.15 Å². The summed E-state index contributed by atoms with van der Waals surface area (Å²) in [5.74, 6) is -0.792. The van der Waals surface area contributed by atoms with Gasteiger partial charge in [0.25, 0.3) is 5.91 Å². The monoisotopic (exact) mass is 360 g/mol. The number of carboxylic acid groups (broad SMARTS) is 1. The molecule has 0 unspecified atom stereocenters. The van der Waals surface area contributed by atoms with Gasteiger partial charge in [0, 0.05) is 30.2 Å². The van der Waals surface area contributed by atoms with Crippen LogP contribution in [0.1, 0.15) is 29.6 Å². The number of pyridine rings is 1. The molecule has 5 nitrogen and oxygen atoms in total. The second-order valence-electron chi connectivity index (χ2n) is 4.83. The minimum absolute atomic E-state index is 0.146. The molecule has 1 aromatic heterocycles. The number of hydrogen-bond donors (Lipinski definition) is 1. The number of nitrogens with zero attached hydrogens (tertiary/aromatic N) is 2. The fraction of sp³-hybridized carbons (Fsp3) is 0.462. The molecule has 1 N–H and O–H groups in total. The Morgan fingerprint density at radius 3 is 2.70 bits per heavy atom. The summed E-state index contributed by atoms with van der Waals surface area (Å²) < 4.78 is 0.700. The first-order chi connectivity index (χ1) is 9.47. The van der Waals surface area contributed by atoms with Gasteiger partial charge in [-0.05, 0) is 40.8 Å². The topological polar surface area (TPSA) is 70.5 Å². The fourth-order valence-corrected chi connectivity index (χ4v) is 2.85. The Hall–Kier alpha value is -1.14. The minimum atomic E-state index is -0.783. The third-order valence-electron chi connectivity index (χ3n) is 3.40. The van der Waals surface area contributed by atoms with Crippen LogP contribution in [0.5, 0.6) is 0 Å². The number of aliphatic carboxylic acids is 1. The lowest BCUT2D eigenvalue weighted by Gasteiger charge is -2.31. The Balaban J connectivity index is 2.01. The van der Waals surface area contributed by atoms with Gasteiger partial charge in [-0.2, -0.15) is 0 Å². The Labute approximate surface area is 130 Å². The number of hydrogen-bond acceptors (Lipinski definition) is 3. The summed E-state index contributed by atoms with van der Waals surface area (Å²) in [7, 11) is 0. The number of carboxylic acids is 1. The maximum Gasteiger partial charge on any atom is 0.303 e. The average molecular weight is 362 g/mol. The van der Waals surface area contributed by atoms with Crippen molar-refractivity contribution in [2.45, 2.75) is 19.3 Å². The van der Waals surface area contributed by atoms with Gasteiger partial charge in [-0.15, -0.1) is 0 Å². The largest absolute Gasteiger partial charge is 0.481 e. The highest BCUT2D eigenvalue weighted by Gasteiger charge is 2.26. The van der Waals surface area contributed by atoms with Gasteiger partial charge >= 0.3 is 5.97 Å². The van der Waals surface area contributed by atoms with Crippen LogP contribution in [0.3, 0.4) is 0 Å². The van der Waals surface area contributed by atoms with Crippen molar-refractivity contribution >= 4 is 39.4 Å². The van der Waals surface area contributed by atoms with Gasteiger partial charge in [-0.1, -0.05) is 11.6 Å². The van der Waals surface area contributed by atoms with Crippen molar-refractivity contribution in [1.29, 1.82) is 0 Å². The first-order valence-electron chi connectivity index (χ1n) is 6.29. The molecule has 108 valence electrons. The first-order valence-corrected chi connectivity index (χ1v) is 7.46. The summed E-state index contributed by atoms with van der Waals surface area (Å²) in [4.78, 5) is 28.7. The zero-order valence-electron chi connectivity index (χ0n) is 10.7. The highest BCUT2D eigenvalue weighted by Crippen LogP contribution is 2.24. The summed E-state index contributed by atoms with van der Waals surface area (Å²) in [5, 5.41) is 8.96. The Kier molecular flexibility index (Phi) is 4.99. The molecular formula is C13H14BrClN2O3. The molecule has 1 fully saturated rings. The fourth-order valence-electron chi connectivity index (χ4n) is 2.33. The molecule has 0 atom stereocenters. The summed E-state index contributed by atoms with van der Waals surface area (Å²) in [6.07, 6.45) is 3.12. The summed E-state index contributed by atoms with van der Waals surface area (Å²) in [5.41, 5.74) is 0.373. The van der Waals surface area contributed by atoms with E-state index in [1.807, 2.05) is 0 Å². The van der Waals surface area contributed by atoms with E-state index in [1.54, 1.807) is 11.0 Å². The smallest absolute Gasteiger partial charge is 0.303 e. The standard InChI is InChI=1S/C13H14BrClN2O3/c14-9-6-10(12(15)16-7-9)13(20)17-3-1-8(2-4-17)5-11(18)19/h6-8H,1-5H2,(H,18,19). The second kappa shape index (κ2) is 6.54. The molecule has 0 aliphatic carbocycles. The van der Waals surface area contributed by atoms with Crippen LogP contribution < -0.4 is 0 Å². The van der Waals surface area contributed by atoms with Crippen LogP contribution in [-0.4, -0.2) is 40.0 Å². The van der Waals surface area contributed by atoms with Crippen LogP contribution >= 0.6 is 27.5 Å². The van der Waals surface area contributed by atoms with Crippen molar-refractivity contribution < 1.29 is 14.7 Å². The number of carbonyl (C=O) groups is 2. The van der Waals surface area contributed by atoms with Crippen LogP contribution in [0, 0.1) is 5.92 Å². The van der Waals surface area contributed by atoms with Gasteiger partial charge in [0.05, 0.1) is 5.56 Å². The number of amides is 1. The first kappa shape index (κ1) is 15.3. The van der Waals surface area contributed by atoms with E-state index in [0.717, 1.165) is 0 Å². The van der Waals surface area contributed by atoms with Crippen LogP contribution in [0.4, 0.5) is 0 Å². The lowest BCUT2D eigenvalue weighted by atomic mass is 9.93. The van der Waals surface area contributed by atoms with Crippen molar-refractivity contribution in [2.24, 2.45) is 5.92 Å². The van der Waals surface area contributed by atoms with Crippen molar-refractivity contribution in [3.05, 3.63) is 27.5 Å². The third kappa shape index (κ3) is 3.70. The number of halogens is 2. The molecular weight excluding hydrogens is 348 g/mol. The number of aromatic nitrogens is 1. The predicted molar refractivity (Wildman–Crippen MR) is 77.8 cm³/mol. The zero-order chi connectivity index (χ0) is 14.7. The normalized spacial score (nSPS) is 16.2. The number of rotatable bonds is 3. The Bertz CT molecular complexity index is 530. The van der Waals surface area contributed by atoms with Crippen molar-refractivity contribution in [3.63, 3.8) is 0 Å². The highest BCUT2D eigenvalue weighted by molar-refractivity contribution is 9.10. The van der Waals surface area contributed by atoms with E-state index in [1.165, 1.54) is 6.20 Å². The zero-order valence-corrected chi connectivity index (χ0v) is 13.0. The van der Waals surface area contributed by atoms with Gasteiger partial charge in [-0.3, -0.25) is 9.59 Å². The van der Waals surface area contributed by atoms with Crippen LogP contribution in [0.25, 0.3) is 0 Å². The van der Waals surface area contributed by atoms with Crippen LogP contribution in [-0.2, 0) is 4.79 Å². The van der Waals surface area contributed by atoms with E-state index < -0.39 is 5.97 Å². The molecule has 1 aliphatic heterocycles. The SMILES string of the molecule is O=C(O)CC1CCN(C(=O)c2cc(Br)cnc2Cl)CC1. The van der Waals surface area contributed by atoms with E-state index >= 15 is 0 Å². The maximum absolute atomic E-state index is 12.4. The minimum Gasteiger partial charge on any atom is -0.481 e. The van der Waals surface area contributed by atoms with Crippen molar-refractivity contribution in [3.8, 4) is 0 Å².